The van der Waals surface area contributed by atoms with Crippen molar-refractivity contribution in [2.45, 2.75) is 194 Å². The highest BCUT2D eigenvalue weighted by Gasteiger charge is 2.17. The van der Waals surface area contributed by atoms with Crippen molar-refractivity contribution < 1.29 is 23.8 Å². The van der Waals surface area contributed by atoms with Crippen LogP contribution < -0.4 is 0 Å². The van der Waals surface area contributed by atoms with Gasteiger partial charge in [-0.1, -0.05) is 182 Å². The van der Waals surface area contributed by atoms with Crippen LogP contribution in [-0.2, 0) is 23.8 Å². The van der Waals surface area contributed by atoms with Gasteiger partial charge in [-0.2, -0.15) is 0 Å². The summed E-state index contributed by atoms with van der Waals surface area (Å²) in [6, 6.07) is 0. The molecule has 0 aromatic carbocycles. The first-order chi connectivity index (χ1) is 28.6. The first-order valence-electron chi connectivity index (χ1n) is 23.4. The lowest BCUT2D eigenvalue weighted by molar-refractivity contribution is -0.162. The van der Waals surface area contributed by atoms with Crippen LogP contribution in [0.15, 0.2) is 109 Å². The number of hydrogen-bond donors (Lipinski definition) is 0. The van der Waals surface area contributed by atoms with Crippen LogP contribution in [0, 0.1) is 0 Å². The second-order valence-corrected chi connectivity index (χ2v) is 14.9. The van der Waals surface area contributed by atoms with Crippen LogP contribution in [0.1, 0.15) is 188 Å². The first-order valence-corrected chi connectivity index (χ1v) is 23.4. The Hall–Kier alpha value is -3.44. The molecular formula is C53H86O5. The fraction of sp³-hybridized carbons (Fsp3) is 0.623. The number of carbonyl (C=O) groups excluding carboxylic acids is 2. The molecule has 328 valence electrons. The number of rotatable bonds is 41. The van der Waals surface area contributed by atoms with Crippen molar-refractivity contribution >= 4 is 11.9 Å². The van der Waals surface area contributed by atoms with Crippen LogP contribution in [-0.4, -0.2) is 37.9 Å². The third-order valence-corrected chi connectivity index (χ3v) is 9.29. The zero-order chi connectivity index (χ0) is 42.1. The minimum Gasteiger partial charge on any atom is -0.462 e. The van der Waals surface area contributed by atoms with Gasteiger partial charge in [0.25, 0.3) is 0 Å². The van der Waals surface area contributed by atoms with Crippen LogP contribution in [0.5, 0.6) is 0 Å². The molecule has 0 aromatic heterocycles. The number of carbonyl (C=O) groups is 2. The Morgan fingerprint density at radius 2 is 0.776 bits per heavy atom. The largest absolute Gasteiger partial charge is 0.462 e. The van der Waals surface area contributed by atoms with Crippen LogP contribution in [0.3, 0.4) is 0 Å². The molecule has 1 atom stereocenters. The maximum atomic E-state index is 12.7. The molecule has 0 radical (unpaired) electrons. The molecule has 1 unspecified atom stereocenters. The van der Waals surface area contributed by atoms with Gasteiger partial charge in [0.15, 0.2) is 6.10 Å². The molecule has 0 bridgehead atoms. The average Bonchev–Trinajstić information content (AvgIpc) is 3.22. The van der Waals surface area contributed by atoms with Crippen LogP contribution in [0.2, 0.25) is 0 Å². The molecule has 0 N–H and O–H groups in total. The number of ether oxygens (including phenoxy) is 3. The van der Waals surface area contributed by atoms with Crippen molar-refractivity contribution in [3.63, 3.8) is 0 Å². The van der Waals surface area contributed by atoms with Crippen molar-refractivity contribution in [2.75, 3.05) is 19.8 Å². The first kappa shape index (κ1) is 54.6. The molecule has 0 aliphatic heterocycles. The number of unbranched alkanes of at least 4 members (excludes halogenated alkanes) is 12. The molecule has 0 fully saturated rings. The van der Waals surface area contributed by atoms with Gasteiger partial charge >= 0.3 is 11.9 Å². The number of allylic oxidation sites excluding steroid dienone is 17. The number of esters is 2. The third kappa shape index (κ3) is 45.3. The predicted octanol–water partition coefficient (Wildman–Crippen LogP) is 15.7. The molecule has 0 aliphatic rings. The van der Waals surface area contributed by atoms with Gasteiger partial charge in [-0.15, -0.1) is 0 Å². The lowest BCUT2D eigenvalue weighted by Crippen LogP contribution is -2.30. The van der Waals surface area contributed by atoms with Crippen molar-refractivity contribution in [1.29, 1.82) is 0 Å². The summed E-state index contributed by atoms with van der Waals surface area (Å²) in [4.78, 5) is 25.3. The van der Waals surface area contributed by atoms with E-state index in [1.54, 1.807) is 0 Å². The van der Waals surface area contributed by atoms with E-state index in [1.807, 2.05) is 0 Å². The monoisotopic (exact) mass is 803 g/mol. The normalized spacial score (nSPS) is 13.2. The van der Waals surface area contributed by atoms with E-state index in [0.717, 1.165) is 109 Å². The SMILES string of the molecule is CC/C=C\C/C=C\C/C=C\C/C=C\C/C=C\CCOCC(COC(=O)CCCCCCC/C=C\C/C=C\C/C=C\CC)OC(=O)CCCCCCC/C=C\CCCC. The average molecular weight is 803 g/mol. The van der Waals surface area contributed by atoms with E-state index in [2.05, 4.69) is 130 Å². The van der Waals surface area contributed by atoms with E-state index in [9.17, 15) is 9.59 Å². The van der Waals surface area contributed by atoms with Crippen LogP contribution in [0.25, 0.3) is 0 Å². The molecule has 58 heavy (non-hydrogen) atoms. The van der Waals surface area contributed by atoms with Crippen molar-refractivity contribution in [1.82, 2.24) is 0 Å². The van der Waals surface area contributed by atoms with Crippen LogP contribution in [0.4, 0.5) is 0 Å². The van der Waals surface area contributed by atoms with Gasteiger partial charge in [-0.25, -0.2) is 0 Å². The Labute approximate surface area is 357 Å². The Kier molecular flexibility index (Phi) is 45.1. The predicted molar refractivity (Wildman–Crippen MR) is 251 cm³/mol. The smallest absolute Gasteiger partial charge is 0.306 e. The molecule has 5 nitrogen and oxygen atoms in total. The molecule has 0 heterocycles. The summed E-state index contributed by atoms with van der Waals surface area (Å²) >= 11 is 0. The minimum absolute atomic E-state index is 0.0367. The highest BCUT2D eigenvalue weighted by Crippen LogP contribution is 2.12. The van der Waals surface area contributed by atoms with Gasteiger partial charge in [0.05, 0.1) is 13.2 Å². The zero-order valence-corrected chi connectivity index (χ0v) is 37.5. The second kappa shape index (κ2) is 47.9. The van der Waals surface area contributed by atoms with E-state index in [4.69, 9.17) is 14.2 Å². The summed E-state index contributed by atoms with van der Waals surface area (Å²) < 4.78 is 17.2. The highest BCUT2D eigenvalue weighted by atomic mass is 16.6. The zero-order valence-electron chi connectivity index (χ0n) is 37.5. The van der Waals surface area contributed by atoms with Crippen molar-refractivity contribution in [3.8, 4) is 0 Å². The minimum atomic E-state index is -0.592. The van der Waals surface area contributed by atoms with E-state index >= 15 is 0 Å². The Morgan fingerprint density at radius 1 is 0.397 bits per heavy atom. The van der Waals surface area contributed by atoms with Crippen molar-refractivity contribution in [3.05, 3.63) is 109 Å². The summed E-state index contributed by atoms with van der Waals surface area (Å²) in [5.74, 6) is -0.478. The van der Waals surface area contributed by atoms with Gasteiger partial charge < -0.3 is 14.2 Å². The molecule has 0 aliphatic carbocycles. The van der Waals surface area contributed by atoms with E-state index in [-0.39, 0.29) is 25.2 Å². The molecule has 0 rings (SSSR count). The lowest BCUT2D eigenvalue weighted by Gasteiger charge is -2.18. The third-order valence-electron chi connectivity index (χ3n) is 9.29. The van der Waals surface area contributed by atoms with Gasteiger partial charge in [-0.3, -0.25) is 9.59 Å². The quantitative estimate of drug-likeness (QED) is 0.0350. The molecule has 0 aromatic rings. The van der Waals surface area contributed by atoms with E-state index < -0.39 is 6.10 Å². The highest BCUT2D eigenvalue weighted by molar-refractivity contribution is 5.70. The van der Waals surface area contributed by atoms with Gasteiger partial charge in [-0.05, 0) is 103 Å². The van der Waals surface area contributed by atoms with E-state index in [0.29, 0.717) is 19.4 Å². The van der Waals surface area contributed by atoms with Gasteiger partial charge in [0, 0.05) is 12.8 Å². The maximum absolute atomic E-state index is 12.7. The summed E-state index contributed by atoms with van der Waals surface area (Å²) in [6.07, 6.45) is 65.4. The van der Waals surface area contributed by atoms with Crippen molar-refractivity contribution in [2.24, 2.45) is 0 Å². The maximum Gasteiger partial charge on any atom is 0.306 e. The fourth-order valence-electron chi connectivity index (χ4n) is 5.86. The fourth-order valence-corrected chi connectivity index (χ4v) is 5.86. The molecule has 0 spiro atoms. The standard InChI is InChI=1S/C53H86O5/c1-4-7-10-13-16-19-22-24-26-28-30-33-36-39-42-45-48-56-49-51(58-53(55)47-44-41-38-35-31-21-18-15-12-9-6-3)50-57-52(54)46-43-40-37-34-32-29-27-25-23-20-17-14-11-8-5-2/h7-8,10-11,15-20,24-27,30,33,39,42,51H,4-6,9,12-14,21-23,28-29,31-32,34-38,40-41,43-50H2,1-3H3/b10-7-,11-8-,18-15-,19-16-,20-17-,26-24-,27-25-,33-30-,42-39-. The summed E-state index contributed by atoms with van der Waals surface area (Å²) in [6.45, 7) is 7.30. The Balaban J connectivity index is 4.43. The van der Waals surface area contributed by atoms with Crippen LogP contribution >= 0.6 is 0 Å². The second-order valence-electron chi connectivity index (χ2n) is 14.9. The number of hydrogen-bond acceptors (Lipinski definition) is 5. The summed E-state index contributed by atoms with van der Waals surface area (Å²) in [5, 5.41) is 0. The molecule has 0 amide bonds. The Morgan fingerprint density at radius 3 is 1.26 bits per heavy atom. The van der Waals surface area contributed by atoms with E-state index in [1.165, 1.54) is 44.9 Å². The van der Waals surface area contributed by atoms with Gasteiger partial charge in [0.2, 0.25) is 0 Å². The molecule has 0 saturated carbocycles. The summed E-state index contributed by atoms with van der Waals surface area (Å²) in [5.41, 5.74) is 0. The van der Waals surface area contributed by atoms with Gasteiger partial charge in [0.1, 0.15) is 6.61 Å². The molecular weight excluding hydrogens is 717 g/mol. The molecule has 0 saturated heterocycles. The Bertz CT molecular complexity index is 1180. The topological polar surface area (TPSA) is 61.8 Å². The summed E-state index contributed by atoms with van der Waals surface area (Å²) in [7, 11) is 0. The molecule has 5 heteroatoms. The lowest BCUT2D eigenvalue weighted by atomic mass is 10.1.